The average molecular weight is 299 g/mol. The molecule has 0 bridgehead atoms. The molecule has 0 aliphatic heterocycles. The van der Waals surface area contributed by atoms with Gasteiger partial charge in [-0.1, -0.05) is 57.2 Å². The fourth-order valence-corrected chi connectivity index (χ4v) is 3.15. The van der Waals surface area contributed by atoms with Gasteiger partial charge in [-0.2, -0.15) is 0 Å². The van der Waals surface area contributed by atoms with Crippen molar-refractivity contribution in [3.63, 3.8) is 0 Å². The molecule has 1 N–H and O–H groups in total. The number of thioether (sulfide) groups is 1. The van der Waals surface area contributed by atoms with Gasteiger partial charge in [-0.15, -0.1) is 11.8 Å². The maximum atomic E-state index is 3.20. The average Bonchev–Trinajstić information content (AvgIpc) is 2.45. The highest BCUT2D eigenvalue weighted by atomic mass is 32.2. The number of rotatable bonds is 5. The predicted octanol–water partition coefficient (Wildman–Crippen LogP) is 5.00. The monoisotopic (exact) mass is 299 g/mol. The lowest BCUT2D eigenvalue weighted by molar-refractivity contribution is 0.590. The molecule has 1 nitrogen and oxygen atoms in total. The third-order valence-corrected chi connectivity index (χ3v) is 4.57. The van der Waals surface area contributed by atoms with Gasteiger partial charge in [0, 0.05) is 17.2 Å². The molecule has 0 fully saturated rings. The first-order chi connectivity index (χ1) is 9.99. The largest absolute Gasteiger partial charge is 0.316 e. The Morgan fingerprint density at radius 2 is 1.67 bits per heavy atom. The number of nitrogens with one attached hydrogen (secondary N) is 1. The molecule has 0 unspecified atom stereocenters. The second-order valence-corrected chi connectivity index (χ2v) is 7.46. The summed E-state index contributed by atoms with van der Waals surface area (Å²) in [6, 6.07) is 17.8. The highest BCUT2D eigenvalue weighted by Gasteiger charge is 2.12. The predicted molar refractivity (Wildman–Crippen MR) is 93.9 cm³/mol. The van der Waals surface area contributed by atoms with E-state index in [-0.39, 0.29) is 5.41 Å². The van der Waals surface area contributed by atoms with E-state index in [9.17, 15) is 0 Å². The van der Waals surface area contributed by atoms with Gasteiger partial charge in [-0.25, -0.2) is 0 Å². The second-order valence-electron chi connectivity index (χ2n) is 6.41. The first-order valence-electron chi connectivity index (χ1n) is 7.45. The van der Waals surface area contributed by atoms with Crippen molar-refractivity contribution in [1.29, 1.82) is 0 Å². The van der Waals surface area contributed by atoms with E-state index in [1.165, 1.54) is 21.6 Å². The summed E-state index contributed by atoms with van der Waals surface area (Å²) in [6.07, 6.45) is 0. The van der Waals surface area contributed by atoms with Crippen LogP contribution in [0.5, 0.6) is 0 Å². The molecular weight excluding hydrogens is 274 g/mol. The normalized spacial score (nSPS) is 11.6. The molecule has 0 spiro atoms. The van der Waals surface area contributed by atoms with E-state index < -0.39 is 0 Å². The summed E-state index contributed by atoms with van der Waals surface area (Å²) < 4.78 is 0. The molecule has 21 heavy (non-hydrogen) atoms. The van der Waals surface area contributed by atoms with Gasteiger partial charge in [0.15, 0.2) is 0 Å². The maximum absolute atomic E-state index is 3.20. The van der Waals surface area contributed by atoms with E-state index in [1.807, 2.05) is 18.8 Å². The highest BCUT2D eigenvalue weighted by molar-refractivity contribution is 7.98. The number of hydrogen-bond donors (Lipinski definition) is 1. The third-order valence-electron chi connectivity index (χ3n) is 3.50. The van der Waals surface area contributed by atoms with Crippen LogP contribution in [-0.4, -0.2) is 7.05 Å². The van der Waals surface area contributed by atoms with E-state index in [4.69, 9.17) is 0 Å². The Bertz CT molecular complexity index is 567. The molecule has 0 aromatic heterocycles. The molecule has 0 aliphatic carbocycles. The summed E-state index contributed by atoms with van der Waals surface area (Å²) in [6.45, 7) is 7.69. The smallest absolute Gasteiger partial charge is 0.0231 e. The molecule has 0 amide bonds. The van der Waals surface area contributed by atoms with Crippen molar-refractivity contribution < 1.29 is 0 Å². The van der Waals surface area contributed by atoms with Crippen molar-refractivity contribution in [2.24, 2.45) is 0 Å². The molecule has 0 heterocycles. The lowest BCUT2D eigenvalue weighted by atomic mass is 9.87. The van der Waals surface area contributed by atoms with E-state index in [2.05, 4.69) is 74.6 Å². The van der Waals surface area contributed by atoms with Crippen LogP contribution in [0.25, 0.3) is 0 Å². The summed E-state index contributed by atoms with van der Waals surface area (Å²) in [5.41, 5.74) is 4.34. The Morgan fingerprint density at radius 3 is 2.29 bits per heavy atom. The standard InChI is InChI=1S/C19H25NS/c1-19(2,3)17-10-8-15(9-11-17)14-21-18-7-5-6-16(12-18)13-20-4/h5-12,20H,13-14H2,1-4H3. The van der Waals surface area contributed by atoms with Crippen LogP contribution in [0.3, 0.4) is 0 Å². The van der Waals surface area contributed by atoms with E-state index >= 15 is 0 Å². The fourth-order valence-electron chi connectivity index (χ4n) is 2.22. The molecular formula is C19H25NS. The summed E-state index contributed by atoms with van der Waals surface area (Å²) in [7, 11) is 1.98. The molecule has 0 atom stereocenters. The van der Waals surface area contributed by atoms with Crippen LogP contribution < -0.4 is 5.32 Å². The molecule has 0 saturated heterocycles. The summed E-state index contributed by atoms with van der Waals surface area (Å²) >= 11 is 1.90. The summed E-state index contributed by atoms with van der Waals surface area (Å²) in [5, 5.41) is 3.20. The van der Waals surface area contributed by atoms with E-state index in [1.54, 1.807) is 0 Å². The van der Waals surface area contributed by atoms with Gasteiger partial charge in [0.05, 0.1) is 0 Å². The van der Waals surface area contributed by atoms with Crippen molar-refractivity contribution in [2.75, 3.05) is 7.05 Å². The van der Waals surface area contributed by atoms with Crippen molar-refractivity contribution in [1.82, 2.24) is 5.32 Å². The molecule has 0 radical (unpaired) electrons. The van der Waals surface area contributed by atoms with Gasteiger partial charge in [0.25, 0.3) is 0 Å². The lowest BCUT2D eigenvalue weighted by Crippen LogP contribution is -2.10. The Hall–Kier alpha value is -1.25. The van der Waals surface area contributed by atoms with Crippen LogP contribution in [0.1, 0.15) is 37.5 Å². The minimum atomic E-state index is 0.229. The number of hydrogen-bond acceptors (Lipinski definition) is 2. The van der Waals surface area contributed by atoms with Crippen molar-refractivity contribution in [3.05, 3.63) is 65.2 Å². The highest BCUT2D eigenvalue weighted by Crippen LogP contribution is 2.26. The van der Waals surface area contributed by atoms with Crippen molar-refractivity contribution in [2.45, 2.75) is 43.4 Å². The molecule has 2 aromatic carbocycles. The van der Waals surface area contributed by atoms with Crippen LogP contribution in [0, 0.1) is 0 Å². The zero-order chi connectivity index (χ0) is 15.3. The van der Waals surface area contributed by atoms with Gasteiger partial charge in [0.2, 0.25) is 0 Å². The Balaban J connectivity index is 1.98. The van der Waals surface area contributed by atoms with Gasteiger partial charge in [0.1, 0.15) is 0 Å². The van der Waals surface area contributed by atoms with Gasteiger partial charge in [-0.3, -0.25) is 0 Å². The molecule has 0 saturated carbocycles. The first-order valence-corrected chi connectivity index (χ1v) is 8.43. The van der Waals surface area contributed by atoms with Crippen LogP contribution in [-0.2, 0) is 17.7 Å². The first kappa shape index (κ1) is 16.1. The molecule has 2 heteroatoms. The topological polar surface area (TPSA) is 12.0 Å². The fraction of sp³-hybridized carbons (Fsp3) is 0.368. The van der Waals surface area contributed by atoms with Crippen LogP contribution in [0.2, 0.25) is 0 Å². The minimum absolute atomic E-state index is 0.229. The van der Waals surface area contributed by atoms with E-state index in [0.29, 0.717) is 0 Å². The third kappa shape index (κ3) is 4.90. The van der Waals surface area contributed by atoms with Crippen LogP contribution >= 0.6 is 11.8 Å². The summed E-state index contributed by atoms with van der Waals surface area (Å²) in [4.78, 5) is 1.34. The van der Waals surface area contributed by atoms with Crippen molar-refractivity contribution >= 4 is 11.8 Å². The number of benzene rings is 2. The van der Waals surface area contributed by atoms with Gasteiger partial charge in [-0.05, 0) is 41.3 Å². The Labute approximate surface area is 133 Å². The quantitative estimate of drug-likeness (QED) is 0.780. The van der Waals surface area contributed by atoms with Crippen LogP contribution in [0.4, 0.5) is 0 Å². The van der Waals surface area contributed by atoms with Crippen LogP contribution in [0.15, 0.2) is 53.4 Å². The van der Waals surface area contributed by atoms with Gasteiger partial charge < -0.3 is 5.32 Å². The minimum Gasteiger partial charge on any atom is -0.316 e. The molecule has 2 aromatic rings. The SMILES string of the molecule is CNCc1cccc(SCc2ccc(C(C)(C)C)cc2)c1. The summed E-state index contributed by atoms with van der Waals surface area (Å²) in [5.74, 6) is 1.02. The van der Waals surface area contributed by atoms with Gasteiger partial charge >= 0.3 is 0 Å². The molecule has 0 aliphatic rings. The van der Waals surface area contributed by atoms with Crippen molar-refractivity contribution in [3.8, 4) is 0 Å². The molecule has 112 valence electrons. The Kier molecular flexibility index (Phi) is 5.49. The zero-order valence-corrected chi connectivity index (χ0v) is 14.3. The maximum Gasteiger partial charge on any atom is 0.0231 e. The zero-order valence-electron chi connectivity index (χ0n) is 13.4. The molecule has 2 rings (SSSR count). The lowest BCUT2D eigenvalue weighted by Gasteiger charge is -2.19. The second kappa shape index (κ2) is 7.15. The van der Waals surface area contributed by atoms with E-state index in [0.717, 1.165) is 12.3 Å². The Morgan fingerprint density at radius 1 is 0.952 bits per heavy atom.